The van der Waals surface area contributed by atoms with Crippen molar-refractivity contribution in [2.24, 2.45) is 0 Å². The van der Waals surface area contributed by atoms with Crippen LogP contribution in [0.4, 0.5) is 0 Å². The van der Waals surface area contributed by atoms with Crippen molar-refractivity contribution in [1.82, 2.24) is 5.32 Å². The van der Waals surface area contributed by atoms with Crippen LogP contribution < -0.4 is 5.32 Å². The third kappa shape index (κ3) is 5.58. The van der Waals surface area contributed by atoms with Gasteiger partial charge in [0, 0.05) is 24.4 Å². The summed E-state index contributed by atoms with van der Waals surface area (Å²) in [4.78, 5) is 22.9. The number of benzene rings is 2. The lowest BCUT2D eigenvalue weighted by molar-refractivity contribution is -0.137. The number of amides is 1. The van der Waals surface area contributed by atoms with Gasteiger partial charge in [0.15, 0.2) is 0 Å². The highest BCUT2D eigenvalue weighted by Crippen LogP contribution is 2.21. The third-order valence-corrected chi connectivity index (χ3v) is 3.76. The summed E-state index contributed by atoms with van der Waals surface area (Å²) in [5, 5.41) is 11.7. The first-order valence-corrected chi connectivity index (χ1v) is 7.77. The van der Waals surface area contributed by atoms with Crippen LogP contribution >= 0.6 is 0 Å². The normalized spacial score (nSPS) is 11.7. The van der Waals surface area contributed by atoms with Crippen LogP contribution in [0.1, 0.15) is 41.1 Å². The Labute approximate surface area is 136 Å². The number of hydrogen-bond donors (Lipinski definition) is 2. The Hall–Kier alpha value is -2.62. The zero-order valence-electron chi connectivity index (χ0n) is 12.9. The molecule has 2 aromatic carbocycles. The molecular weight excluding hydrogens is 290 g/mol. The summed E-state index contributed by atoms with van der Waals surface area (Å²) in [6, 6.07) is 19.0. The van der Waals surface area contributed by atoms with Crippen molar-refractivity contribution in [3.8, 4) is 0 Å². The first-order valence-electron chi connectivity index (χ1n) is 7.77. The van der Waals surface area contributed by atoms with Crippen LogP contribution in [0.15, 0.2) is 60.7 Å². The number of carboxylic acids is 1. The highest BCUT2D eigenvalue weighted by molar-refractivity contribution is 5.94. The lowest BCUT2D eigenvalue weighted by Gasteiger charge is -2.18. The molecule has 0 aliphatic heterocycles. The molecule has 0 spiro atoms. The molecule has 0 saturated heterocycles. The summed E-state index contributed by atoms with van der Waals surface area (Å²) < 4.78 is 0. The largest absolute Gasteiger partial charge is 0.481 e. The second-order valence-corrected chi connectivity index (χ2v) is 5.47. The molecule has 4 heteroatoms. The third-order valence-electron chi connectivity index (χ3n) is 3.76. The van der Waals surface area contributed by atoms with Crippen molar-refractivity contribution in [3.63, 3.8) is 0 Å². The predicted octanol–water partition coefficient (Wildman–Crippen LogP) is 3.46. The minimum atomic E-state index is -0.787. The van der Waals surface area contributed by atoms with Crippen LogP contribution in [-0.4, -0.2) is 23.5 Å². The lowest BCUT2D eigenvalue weighted by atomic mass is 9.93. The van der Waals surface area contributed by atoms with Crippen molar-refractivity contribution in [1.29, 1.82) is 0 Å². The van der Waals surface area contributed by atoms with Gasteiger partial charge >= 0.3 is 5.97 Å². The van der Waals surface area contributed by atoms with Crippen LogP contribution in [0.25, 0.3) is 0 Å². The molecule has 0 bridgehead atoms. The number of carbonyl (C=O) groups is 2. The van der Waals surface area contributed by atoms with E-state index in [2.05, 4.69) is 5.32 Å². The molecule has 1 atom stereocenters. The molecule has 0 heterocycles. The number of carboxylic acid groups (broad SMARTS) is 1. The van der Waals surface area contributed by atoms with Gasteiger partial charge in [0.2, 0.25) is 0 Å². The summed E-state index contributed by atoms with van der Waals surface area (Å²) in [6.07, 6.45) is 1.47. The SMILES string of the molecule is O=C(O)CCCC(CNC(=O)c1ccccc1)c1ccccc1. The molecule has 0 aromatic heterocycles. The fourth-order valence-electron chi connectivity index (χ4n) is 2.52. The van der Waals surface area contributed by atoms with Crippen LogP contribution in [0, 0.1) is 0 Å². The molecule has 0 aliphatic carbocycles. The Morgan fingerprint density at radius 1 is 0.957 bits per heavy atom. The molecular formula is C19H21NO3. The fraction of sp³-hybridized carbons (Fsp3) is 0.263. The van der Waals surface area contributed by atoms with Crippen LogP contribution in [-0.2, 0) is 4.79 Å². The van der Waals surface area contributed by atoms with Crippen molar-refractivity contribution in [2.45, 2.75) is 25.2 Å². The zero-order valence-corrected chi connectivity index (χ0v) is 12.9. The predicted molar refractivity (Wildman–Crippen MR) is 89.4 cm³/mol. The van der Waals surface area contributed by atoms with E-state index in [9.17, 15) is 9.59 Å². The molecule has 0 saturated carbocycles. The molecule has 4 nitrogen and oxygen atoms in total. The highest BCUT2D eigenvalue weighted by Gasteiger charge is 2.14. The van der Waals surface area contributed by atoms with Crippen molar-refractivity contribution >= 4 is 11.9 Å². The van der Waals surface area contributed by atoms with E-state index in [1.54, 1.807) is 12.1 Å². The molecule has 2 N–H and O–H groups in total. The molecule has 0 fully saturated rings. The maximum Gasteiger partial charge on any atom is 0.303 e. The van der Waals surface area contributed by atoms with Crippen LogP contribution in [0.5, 0.6) is 0 Å². The average Bonchev–Trinajstić information content (AvgIpc) is 2.59. The number of hydrogen-bond acceptors (Lipinski definition) is 2. The monoisotopic (exact) mass is 311 g/mol. The first kappa shape index (κ1) is 16.7. The fourth-order valence-corrected chi connectivity index (χ4v) is 2.52. The van der Waals surface area contributed by atoms with E-state index in [4.69, 9.17) is 5.11 Å². The molecule has 23 heavy (non-hydrogen) atoms. The van der Waals surface area contributed by atoms with E-state index >= 15 is 0 Å². The minimum absolute atomic E-state index is 0.107. The van der Waals surface area contributed by atoms with E-state index in [0.717, 1.165) is 12.0 Å². The first-order chi connectivity index (χ1) is 11.2. The van der Waals surface area contributed by atoms with Gasteiger partial charge in [-0.2, -0.15) is 0 Å². The molecule has 0 radical (unpaired) electrons. The van der Waals surface area contributed by atoms with Gasteiger partial charge in [-0.3, -0.25) is 9.59 Å². The Bertz CT molecular complexity index is 626. The molecule has 0 aliphatic rings. The highest BCUT2D eigenvalue weighted by atomic mass is 16.4. The summed E-state index contributed by atoms with van der Waals surface area (Å²) >= 11 is 0. The molecule has 1 unspecified atom stereocenters. The molecule has 2 aromatic rings. The van der Waals surface area contributed by atoms with E-state index in [0.29, 0.717) is 18.5 Å². The maximum absolute atomic E-state index is 12.2. The Morgan fingerprint density at radius 2 is 1.57 bits per heavy atom. The molecule has 2 rings (SSSR count). The van der Waals surface area contributed by atoms with E-state index < -0.39 is 5.97 Å². The lowest BCUT2D eigenvalue weighted by Crippen LogP contribution is -2.28. The van der Waals surface area contributed by atoms with Gasteiger partial charge in [-0.05, 0) is 30.5 Å². The van der Waals surface area contributed by atoms with Crippen molar-refractivity contribution in [3.05, 3.63) is 71.8 Å². The summed E-state index contributed by atoms with van der Waals surface area (Å²) in [5.74, 6) is -0.780. The Morgan fingerprint density at radius 3 is 2.17 bits per heavy atom. The van der Waals surface area contributed by atoms with E-state index in [1.165, 1.54) is 0 Å². The van der Waals surface area contributed by atoms with Gasteiger partial charge in [0.05, 0.1) is 0 Å². The average molecular weight is 311 g/mol. The van der Waals surface area contributed by atoms with E-state index in [-0.39, 0.29) is 18.2 Å². The number of nitrogens with one attached hydrogen (secondary N) is 1. The van der Waals surface area contributed by atoms with Crippen LogP contribution in [0.3, 0.4) is 0 Å². The summed E-state index contributed by atoms with van der Waals surface area (Å²) in [5.41, 5.74) is 1.75. The van der Waals surface area contributed by atoms with E-state index in [1.807, 2.05) is 48.5 Å². The second kappa shape index (κ2) is 8.73. The smallest absolute Gasteiger partial charge is 0.303 e. The van der Waals surface area contributed by atoms with Gasteiger partial charge in [-0.15, -0.1) is 0 Å². The maximum atomic E-state index is 12.2. The molecule has 120 valence electrons. The topological polar surface area (TPSA) is 66.4 Å². The number of carbonyl (C=O) groups excluding carboxylic acids is 1. The van der Waals surface area contributed by atoms with Gasteiger partial charge in [0.25, 0.3) is 5.91 Å². The summed E-state index contributed by atoms with van der Waals surface area (Å²) in [7, 11) is 0. The quantitative estimate of drug-likeness (QED) is 0.784. The zero-order chi connectivity index (χ0) is 16.5. The number of aliphatic carboxylic acids is 1. The van der Waals surface area contributed by atoms with Gasteiger partial charge in [-0.25, -0.2) is 0 Å². The van der Waals surface area contributed by atoms with Crippen molar-refractivity contribution in [2.75, 3.05) is 6.54 Å². The standard InChI is InChI=1S/C19H21NO3/c21-18(22)13-7-12-17(15-8-3-1-4-9-15)14-20-19(23)16-10-5-2-6-11-16/h1-6,8-11,17H,7,12-14H2,(H,20,23)(H,21,22). The van der Waals surface area contributed by atoms with Gasteiger partial charge in [0.1, 0.15) is 0 Å². The minimum Gasteiger partial charge on any atom is -0.481 e. The van der Waals surface area contributed by atoms with Crippen LogP contribution in [0.2, 0.25) is 0 Å². The van der Waals surface area contributed by atoms with Gasteiger partial charge < -0.3 is 10.4 Å². The second-order valence-electron chi connectivity index (χ2n) is 5.47. The number of rotatable bonds is 8. The van der Waals surface area contributed by atoms with Crippen molar-refractivity contribution < 1.29 is 14.7 Å². The Balaban J connectivity index is 1.97. The molecule has 1 amide bonds. The summed E-state index contributed by atoms with van der Waals surface area (Å²) in [6.45, 7) is 0.497. The Kier molecular flexibility index (Phi) is 6.36. The van der Waals surface area contributed by atoms with Gasteiger partial charge in [-0.1, -0.05) is 48.5 Å².